The fourth-order valence-electron chi connectivity index (χ4n) is 2.52. The lowest BCUT2D eigenvalue weighted by Crippen LogP contribution is -2.36. The number of hydrogen-bond acceptors (Lipinski definition) is 4. The Morgan fingerprint density at radius 1 is 1.32 bits per heavy atom. The van der Waals surface area contributed by atoms with E-state index in [4.69, 9.17) is 4.74 Å². The molecular formula is C14H21NO3S. The van der Waals surface area contributed by atoms with E-state index in [0.29, 0.717) is 11.5 Å². The molecule has 0 amide bonds. The summed E-state index contributed by atoms with van der Waals surface area (Å²) in [4.78, 5) is 0.435. The third-order valence-corrected chi connectivity index (χ3v) is 5.44. The zero-order chi connectivity index (χ0) is 13.9. The molecule has 1 unspecified atom stereocenters. The summed E-state index contributed by atoms with van der Waals surface area (Å²) in [5, 5.41) is 2.98. The minimum absolute atomic E-state index is 0.0656. The van der Waals surface area contributed by atoms with Crippen LogP contribution in [0, 0.1) is 0 Å². The molecule has 0 heterocycles. The molecule has 0 saturated carbocycles. The lowest BCUT2D eigenvalue weighted by atomic mass is 10.1. The summed E-state index contributed by atoms with van der Waals surface area (Å²) in [6.45, 7) is 0.390. The molecule has 106 valence electrons. The van der Waals surface area contributed by atoms with Gasteiger partial charge in [0.05, 0.1) is 17.3 Å². The summed E-state index contributed by atoms with van der Waals surface area (Å²) in [6.07, 6.45) is 3.19. The summed E-state index contributed by atoms with van der Waals surface area (Å²) < 4.78 is 29.8. The van der Waals surface area contributed by atoms with Gasteiger partial charge in [0.1, 0.15) is 0 Å². The van der Waals surface area contributed by atoms with Gasteiger partial charge in [-0.15, -0.1) is 0 Å². The van der Waals surface area contributed by atoms with Crippen molar-refractivity contribution in [3.8, 4) is 0 Å². The van der Waals surface area contributed by atoms with Crippen LogP contribution in [0.1, 0.15) is 17.5 Å². The van der Waals surface area contributed by atoms with Gasteiger partial charge in [0.15, 0.2) is 9.84 Å². The number of sulfone groups is 1. The molecule has 0 saturated heterocycles. The molecule has 19 heavy (non-hydrogen) atoms. The molecule has 1 aliphatic carbocycles. The highest BCUT2D eigenvalue weighted by Crippen LogP contribution is 2.25. The quantitative estimate of drug-likeness (QED) is 0.852. The fourth-order valence-corrected chi connectivity index (χ4v) is 4.10. The number of nitrogens with one attached hydrogen (secondary N) is 1. The van der Waals surface area contributed by atoms with Crippen LogP contribution in [0.5, 0.6) is 0 Å². The highest BCUT2D eigenvalue weighted by Gasteiger charge is 2.22. The van der Waals surface area contributed by atoms with Gasteiger partial charge < -0.3 is 10.1 Å². The smallest absolute Gasteiger partial charge is 0.180 e. The first kappa shape index (κ1) is 14.5. The number of rotatable bonds is 6. The van der Waals surface area contributed by atoms with Crippen LogP contribution in [0.25, 0.3) is 0 Å². The van der Waals surface area contributed by atoms with E-state index in [1.54, 1.807) is 20.2 Å². The number of likely N-dealkylation sites (N-methyl/N-ethyl adjacent to an activating group) is 1. The van der Waals surface area contributed by atoms with Crippen molar-refractivity contribution in [1.82, 2.24) is 5.32 Å². The van der Waals surface area contributed by atoms with Crippen LogP contribution in [0.15, 0.2) is 23.1 Å². The van der Waals surface area contributed by atoms with Gasteiger partial charge in [-0.05, 0) is 49.6 Å². The Morgan fingerprint density at radius 2 is 2.05 bits per heavy atom. The van der Waals surface area contributed by atoms with Crippen molar-refractivity contribution in [2.24, 2.45) is 0 Å². The number of fused-ring (bicyclic) bond motifs is 1. The molecule has 0 radical (unpaired) electrons. The van der Waals surface area contributed by atoms with Crippen LogP contribution in [-0.2, 0) is 27.4 Å². The van der Waals surface area contributed by atoms with Crippen molar-refractivity contribution in [1.29, 1.82) is 0 Å². The van der Waals surface area contributed by atoms with Crippen LogP contribution in [0.2, 0.25) is 0 Å². The minimum Gasteiger partial charge on any atom is -0.383 e. The fraction of sp³-hybridized carbons (Fsp3) is 0.571. The molecule has 4 nitrogen and oxygen atoms in total. The molecule has 1 atom stereocenters. The molecule has 0 aliphatic heterocycles. The predicted molar refractivity (Wildman–Crippen MR) is 75.2 cm³/mol. The van der Waals surface area contributed by atoms with Crippen molar-refractivity contribution < 1.29 is 13.2 Å². The number of aryl methyl sites for hydroxylation is 2. The van der Waals surface area contributed by atoms with E-state index < -0.39 is 9.84 Å². The largest absolute Gasteiger partial charge is 0.383 e. The van der Waals surface area contributed by atoms with E-state index in [0.717, 1.165) is 19.3 Å². The number of methoxy groups -OCH3 is 1. The zero-order valence-corrected chi connectivity index (χ0v) is 12.3. The summed E-state index contributed by atoms with van der Waals surface area (Å²) in [5.74, 6) is 0.0656. The van der Waals surface area contributed by atoms with Gasteiger partial charge in [-0.1, -0.05) is 6.07 Å². The van der Waals surface area contributed by atoms with E-state index in [2.05, 4.69) is 5.32 Å². The Labute approximate surface area is 115 Å². The average molecular weight is 283 g/mol. The summed E-state index contributed by atoms with van der Waals surface area (Å²) in [5.41, 5.74) is 2.48. The van der Waals surface area contributed by atoms with E-state index in [1.807, 2.05) is 12.1 Å². The summed E-state index contributed by atoms with van der Waals surface area (Å²) in [6, 6.07) is 5.36. The monoisotopic (exact) mass is 283 g/mol. The zero-order valence-electron chi connectivity index (χ0n) is 11.5. The molecule has 0 spiro atoms. The maximum Gasteiger partial charge on any atom is 0.180 e. The number of ether oxygens (including phenoxy) is 1. The molecule has 1 aromatic carbocycles. The van der Waals surface area contributed by atoms with Crippen molar-refractivity contribution in [2.75, 3.05) is 26.5 Å². The third-order valence-electron chi connectivity index (χ3n) is 3.63. The van der Waals surface area contributed by atoms with E-state index in [9.17, 15) is 8.42 Å². The van der Waals surface area contributed by atoms with Crippen molar-refractivity contribution in [3.63, 3.8) is 0 Å². The summed E-state index contributed by atoms with van der Waals surface area (Å²) in [7, 11) is 0.0698. The van der Waals surface area contributed by atoms with Crippen LogP contribution >= 0.6 is 0 Å². The van der Waals surface area contributed by atoms with Gasteiger partial charge in [-0.25, -0.2) is 8.42 Å². The van der Waals surface area contributed by atoms with Crippen LogP contribution in [0.3, 0.4) is 0 Å². The predicted octanol–water partition coefficient (Wildman–Crippen LogP) is 1.18. The Hall–Kier alpha value is -0.910. The van der Waals surface area contributed by atoms with Gasteiger partial charge in [0.2, 0.25) is 0 Å². The lowest BCUT2D eigenvalue weighted by molar-refractivity contribution is 0.176. The van der Waals surface area contributed by atoms with Gasteiger partial charge in [-0.2, -0.15) is 0 Å². The molecule has 1 aromatic rings. The maximum absolute atomic E-state index is 12.4. The second-order valence-electron chi connectivity index (χ2n) is 5.01. The molecule has 1 N–H and O–H groups in total. The maximum atomic E-state index is 12.4. The van der Waals surface area contributed by atoms with Gasteiger partial charge >= 0.3 is 0 Å². The molecule has 5 heteroatoms. The molecule has 0 fully saturated rings. The average Bonchev–Trinajstić information content (AvgIpc) is 2.85. The van der Waals surface area contributed by atoms with Gasteiger partial charge in [0.25, 0.3) is 0 Å². The Kier molecular flexibility index (Phi) is 4.60. The SMILES string of the molecule is CNC(COC)CS(=O)(=O)c1ccc2c(c1)CCC2. The molecule has 2 rings (SSSR count). The Morgan fingerprint density at radius 3 is 2.74 bits per heavy atom. The Bertz CT molecular complexity index is 540. The van der Waals surface area contributed by atoms with E-state index in [-0.39, 0.29) is 11.8 Å². The molecule has 0 aromatic heterocycles. The van der Waals surface area contributed by atoms with Crippen LogP contribution in [-0.4, -0.2) is 41.0 Å². The van der Waals surface area contributed by atoms with E-state index >= 15 is 0 Å². The van der Waals surface area contributed by atoms with Crippen LogP contribution in [0.4, 0.5) is 0 Å². The first-order valence-electron chi connectivity index (χ1n) is 6.57. The standard InChI is InChI=1S/C14H21NO3S/c1-15-13(9-18-2)10-19(16,17)14-7-6-11-4-3-5-12(11)8-14/h6-8,13,15H,3-5,9-10H2,1-2H3. The van der Waals surface area contributed by atoms with Crippen molar-refractivity contribution in [2.45, 2.75) is 30.2 Å². The highest BCUT2D eigenvalue weighted by atomic mass is 32.2. The van der Waals surface area contributed by atoms with Crippen molar-refractivity contribution in [3.05, 3.63) is 29.3 Å². The highest BCUT2D eigenvalue weighted by molar-refractivity contribution is 7.91. The van der Waals surface area contributed by atoms with Gasteiger partial charge in [-0.3, -0.25) is 0 Å². The first-order chi connectivity index (χ1) is 9.06. The molecular weight excluding hydrogens is 262 g/mol. The minimum atomic E-state index is -3.26. The lowest BCUT2D eigenvalue weighted by Gasteiger charge is -2.15. The van der Waals surface area contributed by atoms with Gasteiger partial charge in [0, 0.05) is 13.2 Å². The molecule has 1 aliphatic rings. The van der Waals surface area contributed by atoms with Crippen molar-refractivity contribution >= 4 is 9.84 Å². The number of hydrogen-bond donors (Lipinski definition) is 1. The second kappa shape index (κ2) is 6.03. The number of benzene rings is 1. The third kappa shape index (κ3) is 3.35. The topological polar surface area (TPSA) is 55.4 Å². The van der Waals surface area contributed by atoms with E-state index in [1.165, 1.54) is 11.1 Å². The first-order valence-corrected chi connectivity index (χ1v) is 8.23. The normalized spacial score (nSPS) is 16.3. The second-order valence-corrected chi connectivity index (χ2v) is 7.04. The molecule has 0 bridgehead atoms. The summed E-state index contributed by atoms with van der Waals surface area (Å²) >= 11 is 0. The Balaban J connectivity index is 2.19. The van der Waals surface area contributed by atoms with Crippen LogP contribution < -0.4 is 5.32 Å².